The molecule has 2 heterocycles. The van der Waals surface area contributed by atoms with E-state index in [1.54, 1.807) is 17.4 Å². The van der Waals surface area contributed by atoms with Gasteiger partial charge in [-0.1, -0.05) is 18.2 Å². The normalized spacial score (nSPS) is 15.3. The summed E-state index contributed by atoms with van der Waals surface area (Å²) >= 11 is 5.00. The molecule has 2 aromatic rings. The van der Waals surface area contributed by atoms with Gasteiger partial charge < -0.3 is 10.2 Å². The van der Waals surface area contributed by atoms with Crippen LogP contribution in [-0.2, 0) is 9.59 Å². The molecule has 2 amide bonds. The molecule has 1 fully saturated rings. The third kappa shape index (κ3) is 5.52. The predicted molar refractivity (Wildman–Crippen MR) is 109 cm³/mol. The molecule has 7 heteroatoms. The topological polar surface area (TPSA) is 52.7 Å². The minimum atomic E-state index is -0.0286. The van der Waals surface area contributed by atoms with Gasteiger partial charge in [0.05, 0.1) is 10.3 Å². The van der Waals surface area contributed by atoms with Crippen molar-refractivity contribution >= 4 is 50.8 Å². The quantitative estimate of drug-likeness (QED) is 0.735. The molecule has 0 spiro atoms. The summed E-state index contributed by atoms with van der Waals surface area (Å²) in [6, 6.07) is 13.4. The molecule has 0 atom stereocenters. The van der Waals surface area contributed by atoms with Crippen LogP contribution in [0.25, 0.3) is 6.08 Å². The van der Waals surface area contributed by atoms with E-state index in [0.717, 1.165) is 14.4 Å². The number of nitrogens with zero attached hydrogens (tertiary/aromatic N) is 2. The zero-order valence-electron chi connectivity index (χ0n) is 14.2. The summed E-state index contributed by atoms with van der Waals surface area (Å²) in [7, 11) is 0. The fraction of sp³-hybridized carbons (Fsp3) is 0.263. The number of anilines is 1. The number of benzene rings is 1. The van der Waals surface area contributed by atoms with Crippen LogP contribution in [0.2, 0.25) is 0 Å². The number of para-hydroxylation sites is 1. The highest BCUT2D eigenvalue weighted by atomic mass is 79.9. The highest BCUT2D eigenvalue weighted by Crippen LogP contribution is 2.23. The van der Waals surface area contributed by atoms with Gasteiger partial charge in [-0.05, 0) is 46.3 Å². The first kappa shape index (κ1) is 18.8. The average molecular weight is 434 g/mol. The van der Waals surface area contributed by atoms with Crippen LogP contribution in [0.4, 0.5) is 5.69 Å². The third-order valence-corrected chi connectivity index (χ3v) is 5.68. The van der Waals surface area contributed by atoms with Gasteiger partial charge in [-0.15, -0.1) is 11.3 Å². The number of carbonyl (C=O) groups excluding carboxylic acids is 2. The number of nitrogens with one attached hydrogen (secondary N) is 1. The molecule has 5 nitrogen and oxygen atoms in total. The van der Waals surface area contributed by atoms with Gasteiger partial charge >= 0.3 is 0 Å². The van der Waals surface area contributed by atoms with E-state index in [1.165, 1.54) is 0 Å². The number of halogens is 1. The van der Waals surface area contributed by atoms with Crippen LogP contribution >= 0.6 is 27.3 Å². The Morgan fingerprint density at radius 3 is 2.46 bits per heavy atom. The lowest BCUT2D eigenvalue weighted by Crippen LogP contribution is -2.50. The summed E-state index contributed by atoms with van der Waals surface area (Å²) < 4.78 is 1.05. The van der Waals surface area contributed by atoms with E-state index in [1.807, 2.05) is 53.4 Å². The molecule has 0 bridgehead atoms. The zero-order chi connectivity index (χ0) is 18.4. The van der Waals surface area contributed by atoms with Crippen LogP contribution in [0.1, 0.15) is 4.88 Å². The number of rotatable bonds is 5. The number of amides is 2. The smallest absolute Gasteiger partial charge is 0.246 e. The van der Waals surface area contributed by atoms with E-state index in [2.05, 4.69) is 26.1 Å². The molecule has 136 valence electrons. The Bertz CT molecular complexity index is 783. The van der Waals surface area contributed by atoms with E-state index in [-0.39, 0.29) is 11.8 Å². The second-order valence-corrected chi connectivity index (χ2v) is 8.49. The monoisotopic (exact) mass is 433 g/mol. The molecule has 1 aromatic heterocycles. The maximum Gasteiger partial charge on any atom is 0.246 e. The summed E-state index contributed by atoms with van der Waals surface area (Å²) in [6.07, 6.45) is 3.47. The molecule has 1 saturated heterocycles. The van der Waals surface area contributed by atoms with Crippen molar-refractivity contribution in [3.05, 3.63) is 57.2 Å². The largest absolute Gasteiger partial charge is 0.337 e. The Morgan fingerprint density at radius 2 is 1.81 bits per heavy atom. The molecule has 26 heavy (non-hydrogen) atoms. The van der Waals surface area contributed by atoms with Crippen LogP contribution in [0.5, 0.6) is 0 Å². The standard InChI is InChI=1S/C19H20BrN3O2S/c20-17-8-6-16(26-17)7-9-19(25)23-12-10-22(11-13-23)14-18(24)21-15-4-2-1-3-5-15/h1-9H,10-14H2,(H,21,24)/b9-7+. The van der Waals surface area contributed by atoms with Crippen molar-refractivity contribution < 1.29 is 9.59 Å². The van der Waals surface area contributed by atoms with Crippen LogP contribution in [0.3, 0.4) is 0 Å². The summed E-state index contributed by atoms with van der Waals surface area (Å²) in [5, 5.41) is 2.89. The van der Waals surface area contributed by atoms with E-state index in [0.29, 0.717) is 32.7 Å². The van der Waals surface area contributed by atoms with Crippen molar-refractivity contribution in [2.45, 2.75) is 0 Å². The van der Waals surface area contributed by atoms with Gasteiger partial charge in [-0.2, -0.15) is 0 Å². The van der Waals surface area contributed by atoms with Crippen molar-refractivity contribution in [1.82, 2.24) is 9.80 Å². The lowest BCUT2D eigenvalue weighted by molar-refractivity contribution is -0.127. The van der Waals surface area contributed by atoms with Gasteiger partial charge in [0.1, 0.15) is 0 Å². The Hall–Kier alpha value is -1.96. The summed E-state index contributed by atoms with van der Waals surface area (Å²) in [5.74, 6) is -0.0120. The van der Waals surface area contributed by atoms with Gasteiger partial charge in [0, 0.05) is 42.8 Å². The van der Waals surface area contributed by atoms with Crippen molar-refractivity contribution in [3.63, 3.8) is 0 Å². The van der Waals surface area contributed by atoms with Crippen molar-refractivity contribution in [2.24, 2.45) is 0 Å². The highest BCUT2D eigenvalue weighted by molar-refractivity contribution is 9.11. The SMILES string of the molecule is O=C(CN1CCN(C(=O)/C=C/c2ccc(Br)s2)CC1)Nc1ccccc1. The lowest BCUT2D eigenvalue weighted by Gasteiger charge is -2.33. The maximum atomic E-state index is 12.3. The molecule has 1 N–H and O–H groups in total. The number of hydrogen-bond donors (Lipinski definition) is 1. The Labute approximate surface area is 165 Å². The summed E-state index contributed by atoms with van der Waals surface area (Å²) in [6.45, 7) is 3.01. The number of thiophene rings is 1. The molecular formula is C19H20BrN3O2S. The van der Waals surface area contributed by atoms with Crippen LogP contribution in [0.15, 0.2) is 52.3 Å². The van der Waals surface area contributed by atoms with Crippen LogP contribution in [-0.4, -0.2) is 54.3 Å². The van der Waals surface area contributed by atoms with Crippen LogP contribution < -0.4 is 5.32 Å². The molecule has 0 aliphatic carbocycles. The molecule has 1 aliphatic heterocycles. The molecule has 1 aromatic carbocycles. The Balaban J connectivity index is 1.43. The van der Waals surface area contributed by atoms with Gasteiger partial charge in [0.25, 0.3) is 0 Å². The Morgan fingerprint density at radius 1 is 1.08 bits per heavy atom. The minimum Gasteiger partial charge on any atom is -0.337 e. The number of carbonyl (C=O) groups is 2. The van der Waals surface area contributed by atoms with Gasteiger partial charge in [0.2, 0.25) is 11.8 Å². The first-order chi connectivity index (χ1) is 12.6. The first-order valence-electron chi connectivity index (χ1n) is 8.40. The highest BCUT2D eigenvalue weighted by Gasteiger charge is 2.21. The molecule has 3 rings (SSSR count). The second kappa shape index (κ2) is 9.12. The maximum absolute atomic E-state index is 12.3. The summed E-state index contributed by atoms with van der Waals surface area (Å²) in [4.78, 5) is 29.3. The molecular weight excluding hydrogens is 414 g/mol. The molecule has 0 saturated carbocycles. The third-order valence-electron chi connectivity index (χ3n) is 4.09. The molecule has 0 radical (unpaired) electrons. The average Bonchev–Trinajstić information content (AvgIpc) is 3.06. The zero-order valence-corrected chi connectivity index (χ0v) is 16.6. The molecule has 1 aliphatic rings. The lowest BCUT2D eigenvalue weighted by atomic mass is 10.2. The predicted octanol–water partition coefficient (Wildman–Crippen LogP) is 3.31. The second-order valence-electron chi connectivity index (χ2n) is 5.99. The summed E-state index contributed by atoms with van der Waals surface area (Å²) in [5.41, 5.74) is 0.802. The van der Waals surface area contributed by atoms with E-state index in [4.69, 9.17) is 0 Å². The minimum absolute atomic E-state index is 0.0166. The first-order valence-corrected chi connectivity index (χ1v) is 10.0. The van der Waals surface area contributed by atoms with Gasteiger partial charge in [0.15, 0.2) is 0 Å². The fourth-order valence-electron chi connectivity index (χ4n) is 2.73. The number of piperazine rings is 1. The van der Waals surface area contributed by atoms with Gasteiger partial charge in [-0.3, -0.25) is 14.5 Å². The van der Waals surface area contributed by atoms with Crippen molar-refractivity contribution in [2.75, 3.05) is 38.0 Å². The fourth-order valence-corrected chi connectivity index (χ4v) is 4.05. The van der Waals surface area contributed by atoms with Crippen molar-refractivity contribution in [3.8, 4) is 0 Å². The van der Waals surface area contributed by atoms with E-state index >= 15 is 0 Å². The van der Waals surface area contributed by atoms with Crippen LogP contribution in [0, 0.1) is 0 Å². The Kier molecular flexibility index (Phi) is 6.60. The number of hydrogen-bond acceptors (Lipinski definition) is 4. The van der Waals surface area contributed by atoms with E-state index in [9.17, 15) is 9.59 Å². The molecule has 0 unspecified atom stereocenters. The van der Waals surface area contributed by atoms with E-state index < -0.39 is 0 Å². The van der Waals surface area contributed by atoms with Crippen molar-refractivity contribution in [1.29, 1.82) is 0 Å². The van der Waals surface area contributed by atoms with Gasteiger partial charge in [-0.25, -0.2) is 0 Å².